The van der Waals surface area contributed by atoms with E-state index in [0.29, 0.717) is 18.7 Å². The first-order chi connectivity index (χ1) is 9.79. The third kappa shape index (κ3) is 2.09. The van der Waals surface area contributed by atoms with Crippen molar-refractivity contribution in [3.63, 3.8) is 0 Å². The highest BCUT2D eigenvalue weighted by atomic mass is 16.6. The maximum atomic E-state index is 12.4. The van der Waals surface area contributed by atoms with Gasteiger partial charge >= 0.3 is 6.09 Å². The summed E-state index contributed by atoms with van der Waals surface area (Å²) in [6.07, 6.45) is 6.12. The predicted molar refractivity (Wildman–Crippen MR) is 76.1 cm³/mol. The molecule has 0 radical (unpaired) electrons. The maximum Gasteiger partial charge on any atom is 0.410 e. The monoisotopic (exact) mass is 271 g/mol. The Labute approximate surface area is 119 Å². The molecule has 0 spiro atoms. The van der Waals surface area contributed by atoms with Gasteiger partial charge in [0, 0.05) is 12.1 Å². The van der Waals surface area contributed by atoms with Gasteiger partial charge in [-0.1, -0.05) is 30.3 Å². The third-order valence-electron chi connectivity index (χ3n) is 5.29. The average molecular weight is 271 g/mol. The second-order valence-corrected chi connectivity index (χ2v) is 6.67. The van der Waals surface area contributed by atoms with Gasteiger partial charge in [-0.05, 0) is 49.5 Å². The van der Waals surface area contributed by atoms with Crippen molar-refractivity contribution in [2.75, 3.05) is 0 Å². The van der Waals surface area contributed by atoms with E-state index in [1.54, 1.807) is 0 Å². The number of nitrogens with zero attached hydrogens (tertiary/aromatic N) is 1. The van der Waals surface area contributed by atoms with E-state index in [1.165, 1.54) is 32.1 Å². The Balaban J connectivity index is 1.41. The van der Waals surface area contributed by atoms with E-state index in [-0.39, 0.29) is 6.09 Å². The Kier molecular flexibility index (Phi) is 2.94. The van der Waals surface area contributed by atoms with Crippen LogP contribution in [-0.2, 0) is 11.3 Å². The van der Waals surface area contributed by atoms with Crippen LogP contribution in [0.5, 0.6) is 0 Å². The molecule has 4 fully saturated rings. The molecule has 0 N–H and O–H groups in total. The molecule has 3 heteroatoms. The molecule has 3 nitrogen and oxygen atoms in total. The van der Waals surface area contributed by atoms with Crippen LogP contribution in [0.2, 0.25) is 0 Å². The van der Waals surface area contributed by atoms with Gasteiger partial charge in [0.1, 0.15) is 6.61 Å². The molecule has 1 aromatic rings. The first-order valence-corrected chi connectivity index (χ1v) is 7.78. The van der Waals surface area contributed by atoms with Crippen molar-refractivity contribution >= 4 is 6.09 Å². The summed E-state index contributed by atoms with van der Waals surface area (Å²) in [7, 11) is 0. The van der Waals surface area contributed by atoms with E-state index in [2.05, 4.69) is 4.90 Å². The van der Waals surface area contributed by atoms with Gasteiger partial charge in [0.15, 0.2) is 0 Å². The van der Waals surface area contributed by atoms with Crippen LogP contribution in [0.1, 0.15) is 37.7 Å². The highest BCUT2D eigenvalue weighted by molar-refractivity contribution is 5.69. The molecule has 1 aromatic carbocycles. The van der Waals surface area contributed by atoms with Crippen LogP contribution in [0, 0.1) is 11.8 Å². The van der Waals surface area contributed by atoms with Crippen molar-refractivity contribution in [3.05, 3.63) is 35.9 Å². The van der Waals surface area contributed by atoms with Crippen molar-refractivity contribution in [3.8, 4) is 0 Å². The number of hydrogen-bond donors (Lipinski definition) is 0. The van der Waals surface area contributed by atoms with E-state index in [1.807, 2.05) is 30.3 Å². The lowest BCUT2D eigenvalue weighted by Gasteiger charge is -2.55. The summed E-state index contributed by atoms with van der Waals surface area (Å²) < 4.78 is 5.54. The van der Waals surface area contributed by atoms with Gasteiger partial charge in [-0.3, -0.25) is 0 Å². The summed E-state index contributed by atoms with van der Waals surface area (Å²) in [4.78, 5) is 14.5. The van der Waals surface area contributed by atoms with Crippen LogP contribution in [0.3, 0.4) is 0 Å². The average Bonchev–Trinajstić information content (AvgIpc) is 2.45. The highest BCUT2D eigenvalue weighted by Gasteiger charge is 2.49. The lowest BCUT2D eigenvalue weighted by atomic mass is 9.64. The van der Waals surface area contributed by atoms with Gasteiger partial charge in [-0.2, -0.15) is 0 Å². The molecule has 2 saturated heterocycles. The lowest BCUT2D eigenvalue weighted by Crippen LogP contribution is -2.59. The lowest BCUT2D eigenvalue weighted by molar-refractivity contribution is -0.0528. The van der Waals surface area contributed by atoms with Crippen molar-refractivity contribution in [1.82, 2.24) is 4.90 Å². The van der Waals surface area contributed by atoms with E-state index >= 15 is 0 Å². The van der Waals surface area contributed by atoms with Gasteiger partial charge < -0.3 is 9.64 Å². The Morgan fingerprint density at radius 1 is 1.00 bits per heavy atom. The fourth-order valence-corrected chi connectivity index (χ4v) is 4.62. The maximum absolute atomic E-state index is 12.4. The Morgan fingerprint density at radius 2 is 1.60 bits per heavy atom. The Bertz CT molecular complexity index is 471. The number of ether oxygens (including phenoxy) is 1. The number of benzene rings is 1. The summed E-state index contributed by atoms with van der Waals surface area (Å²) in [6, 6.07) is 10.8. The molecule has 20 heavy (non-hydrogen) atoms. The minimum Gasteiger partial charge on any atom is -0.445 e. The molecular weight excluding hydrogens is 250 g/mol. The quantitative estimate of drug-likeness (QED) is 0.822. The molecule has 2 aliphatic heterocycles. The highest BCUT2D eigenvalue weighted by Crippen LogP contribution is 2.49. The van der Waals surface area contributed by atoms with Crippen LogP contribution >= 0.6 is 0 Å². The van der Waals surface area contributed by atoms with Crippen LogP contribution in [0.25, 0.3) is 0 Å². The third-order valence-corrected chi connectivity index (χ3v) is 5.29. The van der Waals surface area contributed by atoms with E-state index in [0.717, 1.165) is 17.4 Å². The number of carbonyl (C=O) groups excluding carboxylic acids is 1. The van der Waals surface area contributed by atoms with Crippen LogP contribution in [0.4, 0.5) is 4.79 Å². The zero-order valence-electron chi connectivity index (χ0n) is 11.7. The van der Waals surface area contributed by atoms with Crippen molar-refractivity contribution < 1.29 is 9.53 Å². The van der Waals surface area contributed by atoms with Crippen molar-refractivity contribution in [2.45, 2.75) is 50.8 Å². The number of piperidine rings is 2. The predicted octanol–water partition coefficient (Wildman–Crippen LogP) is 3.59. The molecule has 0 aromatic heterocycles. The molecule has 2 heterocycles. The summed E-state index contributed by atoms with van der Waals surface area (Å²) in [6.45, 7) is 0.391. The summed E-state index contributed by atoms with van der Waals surface area (Å²) in [5.41, 5.74) is 1.06. The second-order valence-electron chi connectivity index (χ2n) is 6.67. The van der Waals surface area contributed by atoms with Crippen molar-refractivity contribution in [1.29, 1.82) is 0 Å². The standard InChI is InChI=1S/C17H21NO2/c19-17(20-11-12-4-2-1-3-5-12)18-15-7-13-6-14(9-15)10-16(18)8-13/h1-5,13-16H,6-11H2. The Morgan fingerprint density at radius 3 is 2.20 bits per heavy atom. The van der Waals surface area contributed by atoms with Gasteiger partial charge in [0.05, 0.1) is 0 Å². The number of carbonyl (C=O) groups is 1. The first kappa shape index (κ1) is 12.2. The van der Waals surface area contributed by atoms with Crippen LogP contribution in [-0.4, -0.2) is 23.1 Å². The molecule has 106 valence electrons. The van der Waals surface area contributed by atoms with E-state index < -0.39 is 0 Å². The molecule has 0 unspecified atom stereocenters. The number of amides is 1. The molecule has 1 amide bonds. The fourth-order valence-electron chi connectivity index (χ4n) is 4.62. The first-order valence-electron chi connectivity index (χ1n) is 7.78. The number of hydrogen-bond acceptors (Lipinski definition) is 2. The Hall–Kier alpha value is -1.51. The van der Waals surface area contributed by atoms with Gasteiger partial charge in [0.25, 0.3) is 0 Å². The fraction of sp³-hybridized carbons (Fsp3) is 0.588. The van der Waals surface area contributed by atoms with Gasteiger partial charge in [-0.15, -0.1) is 0 Å². The molecule has 2 aliphatic carbocycles. The summed E-state index contributed by atoms with van der Waals surface area (Å²) in [5, 5.41) is 0. The second kappa shape index (κ2) is 4.80. The van der Waals surface area contributed by atoms with Crippen molar-refractivity contribution in [2.24, 2.45) is 11.8 Å². The molecular formula is C17H21NO2. The molecule has 4 aliphatic rings. The van der Waals surface area contributed by atoms with Crippen LogP contribution in [0.15, 0.2) is 30.3 Å². The topological polar surface area (TPSA) is 29.5 Å². The normalized spacial score (nSPS) is 34.3. The molecule has 5 rings (SSSR count). The number of rotatable bonds is 2. The molecule has 2 saturated carbocycles. The smallest absolute Gasteiger partial charge is 0.410 e. The molecule has 4 bridgehead atoms. The van der Waals surface area contributed by atoms with Gasteiger partial charge in [-0.25, -0.2) is 4.79 Å². The summed E-state index contributed by atoms with van der Waals surface area (Å²) in [5.74, 6) is 1.74. The van der Waals surface area contributed by atoms with E-state index in [9.17, 15) is 4.79 Å². The minimum absolute atomic E-state index is 0.0948. The SMILES string of the molecule is O=C(OCc1ccccc1)N1C2CC3CC(C2)CC1C3. The summed E-state index contributed by atoms with van der Waals surface area (Å²) >= 11 is 0. The van der Waals surface area contributed by atoms with E-state index in [4.69, 9.17) is 4.74 Å². The minimum atomic E-state index is -0.0948. The zero-order valence-corrected chi connectivity index (χ0v) is 11.7. The largest absolute Gasteiger partial charge is 0.445 e. The molecule has 0 atom stereocenters. The van der Waals surface area contributed by atoms with Gasteiger partial charge in [0.2, 0.25) is 0 Å². The zero-order chi connectivity index (χ0) is 13.5. The van der Waals surface area contributed by atoms with Crippen LogP contribution < -0.4 is 0 Å².